The summed E-state index contributed by atoms with van der Waals surface area (Å²) in [6.45, 7) is 2.23. The van der Waals surface area contributed by atoms with Crippen molar-refractivity contribution in [2.24, 2.45) is 0 Å². The Morgan fingerprint density at radius 1 is 1.29 bits per heavy atom. The van der Waals surface area contributed by atoms with E-state index in [-0.39, 0.29) is 6.15 Å². The van der Waals surface area contributed by atoms with Gasteiger partial charge >= 0.3 is 0 Å². The normalized spacial score (nSPS) is 7.57. The van der Waals surface area contributed by atoms with Crippen molar-refractivity contribution in [2.45, 2.75) is 32.5 Å². The molecule has 0 bridgehead atoms. The first-order chi connectivity index (χ1) is 2.91. The van der Waals surface area contributed by atoms with Crippen LogP contribution in [0.4, 0.5) is 0 Å². The maximum Gasteiger partial charge on any atom is 0.101 e. The summed E-state index contributed by atoms with van der Waals surface area (Å²) in [4.78, 5) is 0. The Labute approximate surface area is 47.5 Å². The van der Waals surface area contributed by atoms with Crippen molar-refractivity contribution >= 4 is 7.85 Å². The Hall–Kier alpha value is 0.0249. The molecule has 2 heteroatoms. The van der Waals surface area contributed by atoms with Crippen molar-refractivity contribution in [3.05, 3.63) is 0 Å². The van der Waals surface area contributed by atoms with E-state index in [1.165, 1.54) is 25.6 Å². The molecule has 0 aliphatic heterocycles. The second kappa shape index (κ2) is 9.39. The van der Waals surface area contributed by atoms with Crippen molar-refractivity contribution in [3.63, 3.8) is 0 Å². The lowest BCUT2D eigenvalue weighted by Crippen LogP contribution is -1.69. The molecule has 0 saturated heterocycles. The predicted molar refractivity (Wildman–Crippen MR) is 37.9 cm³/mol. The van der Waals surface area contributed by atoms with Crippen LogP contribution in [0.1, 0.15) is 26.2 Å². The number of hydrogen-bond acceptors (Lipinski definition) is 1. The van der Waals surface area contributed by atoms with Gasteiger partial charge in [-0.05, 0) is 0 Å². The molecule has 0 amide bonds. The average Bonchev–Trinajstić information content (AvgIpc) is 1.61. The molecule has 7 heavy (non-hydrogen) atoms. The monoisotopic (exact) mass is 101 g/mol. The van der Waals surface area contributed by atoms with Crippen LogP contribution in [-0.2, 0) is 0 Å². The highest BCUT2D eigenvalue weighted by atomic mass is 14.0. The minimum atomic E-state index is 0. The van der Waals surface area contributed by atoms with Gasteiger partial charge in [0.25, 0.3) is 0 Å². The molecule has 1 nitrogen and oxygen atoms in total. The van der Waals surface area contributed by atoms with Crippen LogP contribution in [0.15, 0.2) is 0 Å². The van der Waals surface area contributed by atoms with E-state index in [2.05, 4.69) is 14.8 Å². The van der Waals surface area contributed by atoms with Crippen LogP contribution in [0.5, 0.6) is 0 Å². The first kappa shape index (κ1) is 10.1. The minimum absolute atomic E-state index is 0. The molecule has 0 unspecified atom stereocenters. The smallest absolute Gasteiger partial charge is 0.101 e. The molecular weight excluding hydrogens is 84.9 g/mol. The molecule has 0 aliphatic carbocycles. The van der Waals surface area contributed by atoms with E-state index in [0.29, 0.717) is 0 Å². The third-order valence-electron chi connectivity index (χ3n) is 0.957. The van der Waals surface area contributed by atoms with Crippen LogP contribution < -0.4 is 6.15 Å². The molecule has 0 spiro atoms. The molecule has 0 heterocycles. The average molecular weight is 101 g/mol. The van der Waals surface area contributed by atoms with Crippen LogP contribution in [0, 0.1) is 0 Å². The molecule has 0 aromatic heterocycles. The summed E-state index contributed by atoms with van der Waals surface area (Å²) in [5.41, 5.74) is 0. The molecule has 0 saturated carbocycles. The SMILES string of the molecule is BCCCCC.N. The lowest BCUT2D eigenvalue weighted by Gasteiger charge is -1.86. The van der Waals surface area contributed by atoms with E-state index in [0.717, 1.165) is 0 Å². The molecule has 0 rings (SSSR count). The molecular formula is C5H16BN. The molecule has 0 aromatic carbocycles. The van der Waals surface area contributed by atoms with Gasteiger partial charge in [-0.25, -0.2) is 0 Å². The maximum absolute atomic E-state index is 2.23. The van der Waals surface area contributed by atoms with Gasteiger partial charge in [0.05, 0.1) is 0 Å². The second-order valence-electron chi connectivity index (χ2n) is 1.71. The van der Waals surface area contributed by atoms with Crippen LogP contribution in [-0.4, -0.2) is 7.85 Å². The molecule has 0 aliphatic rings. The van der Waals surface area contributed by atoms with Crippen LogP contribution in [0.25, 0.3) is 0 Å². The molecule has 0 fully saturated rings. The summed E-state index contributed by atoms with van der Waals surface area (Å²) in [5, 5.41) is 0. The number of unbranched alkanes of at least 4 members (excludes halogenated alkanes) is 2. The van der Waals surface area contributed by atoms with Gasteiger partial charge in [0.15, 0.2) is 0 Å². The second-order valence-corrected chi connectivity index (χ2v) is 1.71. The summed E-state index contributed by atoms with van der Waals surface area (Å²) in [7, 11) is 2.23. The standard InChI is InChI=1S/C5H13B.H3N/c1-2-3-4-5-6;/h2-6H2,1H3;1H3. The third-order valence-corrected chi connectivity index (χ3v) is 0.957. The van der Waals surface area contributed by atoms with Crippen LogP contribution >= 0.6 is 0 Å². The molecule has 0 radical (unpaired) electrons. The summed E-state index contributed by atoms with van der Waals surface area (Å²) in [6.07, 6.45) is 5.54. The molecule has 0 atom stereocenters. The molecule has 44 valence electrons. The van der Waals surface area contributed by atoms with E-state index in [9.17, 15) is 0 Å². The highest BCUT2D eigenvalue weighted by Crippen LogP contribution is 1.94. The van der Waals surface area contributed by atoms with Gasteiger partial charge in [0, 0.05) is 0 Å². The van der Waals surface area contributed by atoms with E-state index >= 15 is 0 Å². The third kappa shape index (κ3) is 10.7. The minimum Gasteiger partial charge on any atom is -0.344 e. The van der Waals surface area contributed by atoms with Gasteiger partial charge in [-0.1, -0.05) is 32.5 Å². The number of hydrogen-bond donors (Lipinski definition) is 1. The Balaban J connectivity index is 0. The summed E-state index contributed by atoms with van der Waals surface area (Å²) >= 11 is 0. The lowest BCUT2D eigenvalue weighted by atomic mass is 10.00. The topological polar surface area (TPSA) is 35.0 Å². The Kier molecular flexibility index (Phi) is 13.5. The van der Waals surface area contributed by atoms with Crippen LogP contribution in [0.3, 0.4) is 0 Å². The van der Waals surface area contributed by atoms with Gasteiger partial charge in [-0.15, -0.1) is 0 Å². The zero-order valence-corrected chi connectivity index (χ0v) is 5.54. The van der Waals surface area contributed by atoms with Crippen molar-refractivity contribution in [3.8, 4) is 0 Å². The quantitative estimate of drug-likeness (QED) is 0.423. The predicted octanol–water partition coefficient (Wildman–Crippen LogP) is 1.39. The van der Waals surface area contributed by atoms with E-state index < -0.39 is 0 Å². The zero-order valence-electron chi connectivity index (χ0n) is 5.54. The van der Waals surface area contributed by atoms with Gasteiger partial charge in [0.2, 0.25) is 0 Å². The van der Waals surface area contributed by atoms with Crippen LogP contribution in [0.2, 0.25) is 6.32 Å². The molecule has 0 aromatic rings. The summed E-state index contributed by atoms with van der Waals surface area (Å²) < 4.78 is 0. The van der Waals surface area contributed by atoms with Gasteiger partial charge in [0.1, 0.15) is 7.85 Å². The fourth-order valence-electron chi connectivity index (χ4n) is 0.500. The van der Waals surface area contributed by atoms with Gasteiger partial charge in [-0.3, -0.25) is 0 Å². The first-order valence-corrected chi connectivity index (χ1v) is 2.91. The Morgan fingerprint density at radius 3 is 2.00 bits per heavy atom. The highest BCUT2D eigenvalue weighted by Gasteiger charge is 1.75. The van der Waals surface area contributed by atoms with Gasteiger partial charge < -0.3 is 6.15 Å². The van der Waals surface area contributed by atoms with Crippen molar-refractivity contribution in [2.75, 3.05) is 0 Å². The van der Waals surface area contributed by atoms with Crippen molar-refractivity contribution in [1.29, 1.82) is 0 Å². The zero-order chi connectivity index (χ0) is 4.83. The fourth-order valence-corrected chi connectivity index (χ4v) is 0.500. The van der Waals surface area contributed by atoms with Crippen molar-refractivity contribution < 1.29 is 0 Å². The van der Waals surface area contributed by atoms with E-state index in [1.54, 1.807) is 0 Å². The summed E-state index contributed by atoms with van der Waals surface area (Å²) in [5.74, 6) is 0. The molecule has 3 N–H and O–H groups in total. The van der Waals surface area contributed by atoms with E-state index in [4.69, 9.17) is 0 Å². The lowest BCUT2D eigenvalue weighted by molar-refractivity contribution is 0.771. The van der Waals surface area contributed by atoms with Gasteiger partial charge in [-0.2, -0.15) is 0 Å². The largest absolute Gasteiger partial charge is 0.344 e. The first-order valence-electron chi connectivity index (χ1n) is 2.91. The highest BCUT2D eigenvalue weighted by molar-refractivity contribution is 6.08. The Bertz CT molecular complexity index is 20.0. The van der Waals surface area contributed by atoms with Crippen molar-refractivity contribution in [1.82, 2.24) is 6.15 Å². The van der Waals surface area contributed by atoms with E-state index in [1.807, 2.05) is 0 Å². The fraction of sp³-hybridized carbons (Fsp3) is 1.00. The number of rotatable bonds is 3. The Morgan fingerprint density at radius 2 is 1.86 bits per heavy atom. The summed E-state index contributed by atoms with van der Waals surface area (Å²) in [6, 6.07) is 0. The maximum atomic E-state index is 2.23.